The topological polar surface area (TPSA) is 111 Å². The zero-order valence-electron chi connectivity index (χ0n) is 18.0. The van der Waals surface area contributed by atoms with Crippen LogP contribution in [-0.4, -0.2) is 64.6 Å². The van der Waals surface area contributed by atoms with E-state index >= 15 is 0 Å². The number of sulfonamides is 1. The van der Waals surface area contributed by atoms with Gasteiger partial charge in [0.1, 0.15) is 17.5 Å². The standard InChI is InChI=1S/C21H22Cl2N2O7S/c1-30-13-4-6-15(19(9-13)31-2)20(26)24-12-8-18(21(27)32-3)25(11-12)33(28,29)14-5-7-16(22)17(23)10-14/h4-7,9-10,12,18H,8,11H2,1-3H3,(H,24,26)/t12-,18-/m1/s1. The molecule has 0 unspecified atom stereocenters. The monoisotopic (exact) mass is 516 g/mol. The molecule has 0 saturated carbocycles. The van der Waals surface area contributed by atoms with Crippen molar-refractivity contribution in [2.24, 2.45) is 0 Å². The molecule has 2 aromatic carbocycles. The van der Waals surface area contributed by atoms with E-state index < -0.39 is 34.0 Å². The fourth-order valence-electron chi connectivity index (χ4n) is 3.55. The van der Waals surface area contributed by atoms with E-state index in [1.807, 2.05) is 0 Å². The number of hydrogen-bond acceptors (Lipinski definition) is 7. The van der Waals surface area contributed by atoms with E-state index in [9.17, 15) is 18.0 Å². The van der Waals surface area contributed by atoms with E-state index in [-0.39, 0.29) is 39.2 Å². The summed E-state index contributed by atoms with van der Waals surface area (Å²) in [4.78, 5) is 25.1. The molecule has 0 radical (unpaired) electrons. The molecule has 0 bridgehead atoms. The second-order valence-electron chi connectivity index (χ2n) is 7.16. The molecule has 1 aliphatic rings. The fourth-order valence-corrected chi connectivity index (χ4v) is 5.57. The highest BCUT2D eigenvalue weighted by atomic mass is 35.5. The molecule has 1 N–H and O–H groups in total. The molecular formula is C21H22Cl2N2O7S. The van der Waals surface area contributed by atoms with Gasteiger partial charge in [-0.15, -0.1) is 0 Å². The molecule has 1 amide bonds. The Morgan fingerprint density at radius 3 is 2.36 bits per heavy atom. The maximum atomic E-state index is 13.3. The summed E-state index contributed by atoms with van der Waals surface area (Å²) in [6.07, 6.45) is 0.0252. The van der Waals surface area contributed by atoms with Gasteiger partial charge in [0.25, 0.3) is 5.91 Å². The maximum absolute atomic E-state index is 13.3. The molecule has 2 aromatic rings. The number of esters is 1. The van der Waals surface area contributed by atoms with Crippen molar-refractivity contribution in [2.45, 2.75) is 23.4 Å². The van der Waals surface area contributed by atoms with Gasteiger partial charge >= 0.3 is 5.97 Å². The SMILES string of the molecule is COC(=O)[C@H]1C[C@@H](NC(=O)c2ccc(OC)cc2OC)CN1S(=O)(=O)c1ccc(Cl)c(Cl)c1. The van der Waals surface area contributed by atoms with E-state index in [0.29, 0.717) is 5.75 Å². The number of amides is 1. The quantitative estimate of drug-likeness (QED) is 0.563. The maximum Gasteiger partial charge on any atom is 0.324 e. The van der Waals surface area contributed by atoms with Crippen molar-refractivity contribution < 1.29 is 32.2 Å². The Morgan fingerprint density at radius 2 is 1.76 bits per heavy atom. The molecule has 0 aliphatic carbocycles. The van der Waals surface area contributed by atoms with Crippen molar-refractivity contribution >= 4 is 45.1 Å². The highest BCUT2D eigenvalue weighted by Crippen LogP contribution is 2.31. The average Bonchev–Trinajstić information content (AvgIpc) is 3.24. The zero-order valence-corrected chi connectivity index (χ0v) is 20.3. The van der Waals surface area contributed by atoms with E-state index in [1.54, 1.807) is 12.1 Å². The van der Waals surface area contributed by atoms with Crippen molar-refractivity contribution in [3.63, 3.8) is 0 Å². The van der Waals surface area contributed by atoms with E-state index in [0.717, 1.165) is 4.31 Å². The van der Waals surface area contributed by atoms with Crippen molar-refractivity contribution in [3.05, 3.63) is 52.0 Å². The molecule has 1 aliphatic heterocycles. The van der Waals surface area contributed by atoms with Crippen LogP contribution in [-0.2, 0) is 19.6 Å². The summed E-state index contributed by atoms with van der Waals surface area (Å²) in [6, 6.07) is 6.77. The Morgan fingerprint density at radius 1 is 1.03 bits per heavy atom. The number of carbonyl (C=O) groups is 2. The molecule has 3 rings (SSSR count). The van der Waals surface area contributed by atoms with Crippen LogP contribution in [0.2, 0.25) is 10.0 Å². The molecule has 1 fully saturated rings. The first kappa shape index (κ1) is 25.1. The normalized spacial score (nSPS) is 18.6. The lowest BCUT2D eigenvalue weighted by molar-refractivity contribution is -0.144. The lowest BCUT2D eigenvalue weighted by Crippen LogP contribution is -2.42. The largest absolute Gasteiger partial charge is 0.497 e. The molecule has 2 atom stereocenters. The number of carbonyl (C=O) groups excluding carboxylic acids is 2. The van der Waals surface area contributed by atoms with Crippen LogP contribution in [0.15, 0.2) is 41.3 Å². The summed E-state index contributed by atoms with van der Waals surface area (Å²) < 4.78 is 42.7. The minimum atomic E-state index is -4.14. The van der Waals surface area contributed by atoms with E-state index in [4.69, 9.17) is 37.4 Å². The second-order valence-corrected chi connectivity index (χ2v) is 9.87. The van der Waals surface area contributed by atoms with Crippen molar-refractivity contribution in [2.75, 3.05) is 27.9 Å². The zero-order chi connectivity index (χ0) is 24.3. The highest BCUT2D eigenvalue weighted by molar-refractivity contribution is 7.89. The third-order valence-electron chi connectivity index (χ3n) is 5.22. The predicted octanol–water partition coefficient (Wildman–Crippen LogP) is 2.75. The number of hydrogen-bond donors (Lipinski definition) is 1. The second kappa shape index (κ2) is 10.2. The van der Waals surface area contributed by atoms with Gasteiger partial charge in [0.05, 0.1) is 41.8 Å². The third kappa shape index (κ3) is 5.19. The predicted molar refractivity (Wildman–Crippen MR) is 122 cm³/mol. The van der Waals surface area contributed by atoms with Gasteiger partial charge in [-0.3, -0.25) is 9.59 Å². The van der Waals surface area contributed by atoms with Crippen molar-refractivity contribution in [1.82, 2.24) is 9.62 Å². The number of ether oxygens (including phenoxy) is 3. The first-order valence-electron chi connectivity index (χ1n) is 9.70. The fraction of sp³-hybridized carbons (Fsp3) is 0.333. The number of benzene rings is 2. The lowest BCUT2D eigenvalue weighted by atomic mass is 10.1. The molecule has 1 heterocycles. The Labute approximate surface area is 201 Å². The Balaban J connectivity index is 1.87. The van der Waals surface area contributed by atoms with Gasteiger partial charge in [-0.1, -0.05) is 23.2 Å². The Kier molecular flexibility index (Phi) is 7.73. The number of rotatable bonds is 7. The molecule has 33 heavy (non-hydrogen) atoms. The molecule has 0 spiro atoms. The minimum Gasteiger partial charge on any atom is -0.497 e. The molecule has 12 heteroatoms. The lowest BCUT2D eigenvalue weighted by Gasteiger charge is -2.22. The van der Waals surface area contributed by atoms with E-state index in [1.165, 1.54) is 45.6 Å². The van der Waals surface area contributed by atoms with Crippen LogP contribution in [0.25, 0.3) is 0 Å². The van der Waals surface area contributed by atoms with Crippen molar-refractivity contribution in [1.29, 1.82) is 0 Å². The minimum absolute atomic E-state index is 0.0252. The van der Waals surface area contributed by atoms with Gasteiger partial charge in [0.2, 0.25) is 10.0 Å². The number of methoxy groups -OCH3 is 3. The number of halogens is 2. The molecule has 178 valence electrons. The van der Waals surface area contributed by atoms with Gasteiger partial charge in [-0.05, 0) is 36.8 Å². The van der Waals surface area contributed by atoms with Crippen LogP contribution in [0.1, 0.15) is 16.8 Å². The molecular weight excluding hydrogens is 495 g/mol. The van der Waals surface area contributed by atoms with Gasteiger partial charge in [-0.2, -0.15) is 4.31 Å². The summed E-state index contributed by atoms with van der Waals surface area (Å²) in [5.74, 6) is -0.433. The van der Waals surface area contributed by atoms with Gasteiger partial charge in [-0.25, -0.2) is 8.42 Å². The number of nitrogens with zero attached hydrogens (tertiary/aromatic N) is 1. The summed E-state index contributed by atoms with van der Waals surface area (Å²) in [5, 5.41) is 3.02. The highest BCUT2D eigenvalue weighted by Gasteiger charge is 2.45. The Bertz CT molecular complexity index is 1170. The average molecular weight is 517 g/mol. The van der Waals surface area contributed by atoms with Crippen LogP contribution >= 0.6 is 23.2 Å². The summed E-state index contributed by atoms with van der Waals surface area (Å²) in [6.45, 7) is -0.146. The molecule has 9 nitrogen and oxygen atoms in total. The summed E-state index contributed by atoms with van der Waals surface area (Å²) >= 11 is 11.9. The van der Waals surface area contributed by atoms with Crippen LogP contribution in [0.5, 0.6) is 11.5 Å². The summed E-state index contributed by atoms with van der Waals surface area (Å²) in [7, 11) is -0.0678. The van der Waals surface area contributed by atoms with Gasteiger partial charge in [0, 0.05) is 18.7 Å². The van der Waals surface area contributed by atoms with Crippen LogP contribution in [0.4, 0.5) is 0 Å². The van der Waals surface area contributed by atoms with Crippen LogP contribution < -0.4 is 14.8 Å². The smallest absolute Gasteiger partial charge is 0.324 e. The Hall–Kier alpha value is -2.53. The third-order valence-corrected chi connectivity index (χ3v) is 7.82. The van der Waals surface area contributed by atoms with E-state index in [2.05, 4.69) is 5.32 Å². The van der Waals surface area contributed by atoms with Crippen LogP contribution in [0, 0.1) is 0 Å². The first-order chi connectivity index (χ1) is 15.6. The first-order valence-corrected chi connectivity index (χ1v) is 11.9. The van der Waals surface area contributed by atoms with Gasteiger partial charge < -0.3 is 19.5 Å². The number of nitrogens with one attached hydrogen (secondary N) is 1. The van der Waals surface area contributed by atoms with Crippen molar-refractivity contribution in [3.8, 4) is 11.5 Å². The van der Waals surface area contributed by atoms with Gasteiger partial charge in [0.15, 0.2) is 0 Å². The molecule has 1 saturated heterocycles. The van der Waals surface area contributed by atoms with Crippen LogP contribution in [0.3, 0.4) is 0 Å². The molecule has 0 aromatic heterocycles. The summed E-state index contributed by atoms with van der Waals surface area (Å²) in [5.41, 5.74) is 0.235.